The number of thiazole rings is 1. The van der Waals surface area contributed by atoms with Crippen molar-refractivity contribution in [2.24, 2.45) is 0 Å². The average Bonchev–Trinajstić information content (AvgIpc) is 2.63. The van der Waals surface area contributed by atoms with Crippen molar-refractivity contribution in [1.82, 2.24) is 15.0 Å². The highest BCUT2D eigenvalue weighted by atomic mass is 79.9. The fourth-order valence-corrected chi connectivity index (χ4v) is 2.43. The van der Waals surface area contributed by atoms with Crippen LogP contribution in [0.2, 0.25) is 0 Å². The predicted octanol–water partition coefficient (Wildman–Crippen LogP) is 2.21. The summed E-state index contributed by atoms with van der Waals surface area (Å²) in [5.74, 6) is 0.385. The van der Waals surface area contributed by atoms with Gasteiger partial charge in [-0.15, -0.1) is 11.3 Å². The van der Waals surface area contributed by atoms with Gasteiger partial charge in [0.05, 0.1) is 17.8 Å². The van der Waals surface area contributed by atoms with Crippen molar-refractivity contribution < 1.29 is 4.74 Å². The molecule has 5 nitrogen and oxygen atoms in total. The lowest BCUT2D eigenvalue weighted by atomic mass is 10.3. The van der Waals surface area contributed by atoms with E-state index in [9.17, 15) is 0 Å². The van der Waals surface area contributed by atoms with Crippen LogP contribution >= 0.6 is 27.3 Å². The number of halogens is 1. The van der Waals surface area contributed by atoms with Crippen molar-refractivity contribution in [2.75, 3.05) is 12.3 Å². The van der Waals surface area contributed by atoms with Gasteiger partial charge >= 0.3 is 6.01 Å². The van der Waals surface area contributed by atoms with Gasteiger partial charge in [-0.1, -0.05) is 0 Å². The molecule has 2 N–H and O–H groups in total. The molecule has 0 saturated carbocycles. The van der Waals surface area contributed by atoms with E-state index in [2.05, 4.69) is 30.9 Å². The fraction of sp³-hybridized carbons (Fsp3) is 0.300. The third kappa shape index (κ3) is 3.37. The van der Waals surface area contributed by atoms with E-state index in [0.717, 1.165) is 12.1 Å². The number of ether oxygens (including phenoxy) is 1. The van der Waals surface area contributed by atoms with Gasteiger partial charge in [-0.3, -0.25) is 0 Å². The van der Waals surface area contributed by atoms with Gasteiger partial charge in [0.15, 0.2) is 0 Å². The van der Waals surface area contributed by atoms with Gasteiger partial charge in [0, 0.05) is 17.4 Å². The maximum absolute atomic E-state index is 5.58. The number of hydrogen-bond acceptors (Lipinski definition) is 6. The van der Waals surface area contributed by atoms with Crippen molar-refractivity contribution in [2.45, 2.75) is 13.3 Å². The van der Waals surface area contributed by atoms with Gasteiger partial charge in [0.1, 0.15) is 10.4 Å². The van der Waals surface area contributed by atoms with Gasteiger partial charge in [-0.25, -0.2) is 4.98 Å². The molecule has 0 aliphatic heterocycles. The monoisotopic (exact) mass is 314 g/mol. The van der Waals surface area contributed by atoms with Gasteiger partial charge in [0.2, 0.25) is 0 Å². The first-order chi connectivity index (χ1) is 8.15. The number of nitrogen functional groups attached to an aromatic ring is 1. The molecule has 0 bridgehead atoms. The van der Waals surface area contributed by atoms with Crippen LogP contribution < -0.4 is 10.5 Å². The average molecular weight is 315 g/mol. The third-order valence-electron chi connectivity index (χ3n) is 2.10. The molecule has 0 aliphatic rings. The van der Waals surface area contributed by atoms with Crippen molar-refractivity contribution >= 4 is 33.1 Å². The van der Waals surface area contributed by atoms with Crippen LogP contribution in [0.15, 0.2) is 16.2 Å². The summed E-state index contributed by atoms with van der Waals surface area (Å²) in [6.45, 7) is 2.50. The number of anilines is 1. The van der Waals surface area contributed by atoms with E-state index in [1.54, 1.807) is 17.4 Å². The van der Waals surface area contributed by atoms with Crippen molar-refractivity contribution in [3.8, 4) is 6.01 Å². The summed E-state index contributed by atoms with van der Waals surface area (Å²) in [6.07, 6.45) is 0.798. The molecular formula is C10H11BrN4OS. The molecule has 0 amide bonds. The second-order valence-corrected chi connectivity index (χ2v) is 5.11. The number of rotatable bonds is 4. The minimum absolute atomic E-state index is 0.291. The number of nitrogens with two attached hydrogens (primary N) is 1. The van der Waals surface area contributed by atoms with Crippen molar-refractivity contribution in [3.05, 3.63) is 26.8 Å². The Hall–Kier alpha value is -1.21. The third-order valence-corrected chi connectivity index (χ3v) is 3.50. The van der Waals surface area contributed by atoms with E-state index < -0.39 is 0 Å². The van der Waals surface area contributed by atoms with Gasteiger partial charge in [0.25, 0.3) is 0 Å². The molecular weight excluding hydrogens is 304 g/mol. The molecule has 0 aromatic carbocycles. The Morgan fingerprint density at radius 1 is 1.47 bits per heavy atom. The molecule has 0 aliphatic carbocycles. The molecule has 2 rings (SSSR count). The Balaban J connectivity index is 1.92. The first kappa shape index (κ1) is 12.3. The Bertz CT molecular complexity index is 497. The standard InChI is InChI=1S/C10H11BrN4OS/c1-6-7(17-5-13-6)2-3-16-10-14-8(11)4-9(12)15-10/h4-5H,2-3H2,1H3,(H2,12,14,15). The van der Waals surface area contributed by atoms with Crippen LogP contribution in [0.5, 0.6) is 6.01 Å². The smallest absolute Gasteiger partial charge is 0.319 e. The van der Waals surface area contributed by atoms with Crippen LogP contribution in [0.3, 0.4) is 0 Å². The van der Waals surface area contributed by atoms with Crippen LogP contribution in [-0.2, 0) is 6.42 Å². The highest BCUT2D eigenvalue weighted by Gasteiger charge is 2.04. The van der Waals surface area contributed by atoms with Gasteiger partial charge in [-0.2, -0.15) is 9.97 Å². The largest absolute Gasteiger partial charge is 0.463 e. The molecule has 17 heavy (non-hydrogen) atoms. The van der Waals surface area contributed by atoms with E-state index in [-0.39, 0.29) is 0 Å². The highest BCUT2D eigenvalue weighted by molar-refractivity contribution is 9.10. The lowest BCUT2D eigenvalue weighted by Crippen LogP contribution is -2.05. The molecule has 0 fully saturated rings. The minimum Gasteiger partial charge on any atom is -0.463 e. The maximum Gasteiger partial charge on any atom is 0.319 e. The van der Waals surface area contributed by atoms with Crippen LogP contribution in [0.25, 0.3) is 0 Å². The zero-order chi connectivity index (χ0) is 12.3. The lowest BCUT2D eigenvalue weighted by molar-refractivity contribution is 0.296. The maximum atomic E-state index is 5.58. The quantitative estimate of drug-likeness (QED) is 0.876. The molecule has 2 heterocycles. The van der Waals surface area contributed by atoms with Gasteiger partial charge in [-0.05, 0) is 22.9 Å². The zero-order valence-electron chi connectivity index (χ0n) is 9.18. The summed E-state index contributed by atoms with van der Waals surface area (Å²) in [7, 11) is 0. The summed E-state index contributed by atoms with van der Waals surface area (Å²) < 4.78 is 6.06. The van der Waals surface area contributed by atoms with E-state index in [0.29, 0.717) is 23.0 Å². The Morgan fingerprint density at radius 3 is 2.94 bits per heavy atom. The number of aryl methyl sites for hydroxylation is 1. The van der Waals surface area contributed by atoms with E-state index in [1.807, 2.05) is 12.4 Å². The van der Waals surface area contributed by atoms with Crippen molar-refractivity contribution in [3.63, 3.8) is 0 Å². The molecule has 0 spiro atoms. The fourth-order valence-electron chi connectivity index (χ4n) is 1.28. The highest BCUT2D eigenvalue weighted by Crippen LogP contribution is 2.16. The molecule has 7 heteroatoms. The summed E-state index contributed by atoms with van der Waals surface area (Å²) in [4.78, 5) is 13.4. The molecule has 0 unspecified atom stereocenters. The normalized spacial score (nSPS) is 10.5. The molecule has 90 valence electrons. The second kappa shape index (κ2) is 5.42. The summed E-state index contributed by atoms with van der Waals surface area (Å²) >= 11 is 4.86. The zero-order valence-corrected chi connectivity index (χ0v) is 11.6. The molecule has 0 saturated heterocycles. The molecule has 2 aromatic heterocycles. The first-order valence-electron chi connectivity index (χ1n) is 4.97. The van der Waals surface area contributed by atoms with Crippen molar-refractivity contribution in [1.29, 1.82) is 0 Å². The van der Waals surface area contributed by atoms with E-state index in [1.165, 1.54) is 4.88 Å². The molecule has 0 radical (unpaired) electrons. The van der Waals surface area contributed by atoms with Crippen LogP contribution in [0, 0.1) is 6.92 Å². The predicted molar refractivity (Wildman–Crippen MR) is 70.2 cm³/mol. The van der Waals surface area contributed by atoms with E-state index >= 15 is 0 Å². The number of nitrogens with zero attached hydrogens (tertiary/aromatic N) is 3. The van der Waals surface area contributed by atoms with Crippen LogP contribution in [0.4, 0.5) is 5.82 Å². The molecule has 0 atom stereocenters. The Kier molecular flexibility index (Phi) is 3.90. The summed E-state index contributed by atoms with van der Waals surface area (Å²) in [5.41, 5.74) is 8.46. The molecule has 2 aromatic rings. The Morgan fingerprint density at radius 2 is 2.29 bits per heavy atom. The minimum atomic E-state index is 0.291. The van der Waals surface area contributed by atoms with Gasteiger partial charge < -0.3 is 10.5 Å². The summed E-state index contributed by atoms with van der Waals surface area (Å²) in [6, 6.07) is 1.92. The Labute approximate surface area is 111 Å². The van der Waals surface area contributed by atoms with Crippen LogP contribution in [-0.4, -0.2) is 21.6 Å². The van der Waals surface area contributed by atoms with E-state index in [4.69, 9.17) is 10.5 Å². The summed E-state index contributed by atoms with van der Waals surface area (Å²) in [5, 5.41) is 0. The SMILES string of the molecule is Cc1ncsc1CCOc1nc(N)cc(Br)n1. The van der Waals surface area contributed by atoms with Crippen LogP contribution in [0.1, 0.15) is 10.6 Å². The number of aromatic nitrogens is 3. The lowest BCUT2D eigenvalue weighted by Gasteiger charge is -2.04. The first-order valence-corrected chi connectivity index (χ1v) is 6.64. The second-order valence-electron chi connectivity index (χ2n) is 3.36. The topological polar surface area (TPSA) is 73.9 Å². The number of hydrogen-bond donors (Lipinski definition) is 1.